The van der Waals surface area contributed by atoms with E-state index < -0.39 is 0 Å². The van der Waals surface area contributed by atoms with Gasteiger partial charge in [-0.15, -0.1) is 0 Å². The first-order valence-electron chi connectivity index (χ1n) is 7.30. The average molecular weight is 252 g/mol. The lowest BCUT2D eigenvalue weighted by Gasteiger charge is -2.21. The Morgan fingerprint density at radius 3 is 2.17 bits per heavy atom. The molecule has 0 radical (unpaired) electrons. The van der Waals surface area contributed by atoms with E-state index in [9.17, 15) is 4.79 Å². The van der Waals surface area contributed by atoms with Crippen LogP contribution in [0.15, 0.2) is 0 Å². The molecule has 1 N–H and O–H groups in total. The van der Waals surface area contributed by atoms with E-state index in [-0.39, 0.29) is 11.9 Å². The zero-order valence-electron chi connectivity index (χ0n) is 12.5. The van der Waals surface area contributed by atoms with E-state index in [4.69, 9.17) is 0 Å². The summed E-state index contributed by atoms with van der Waals surface area (Å²) >= 11 is 0. The molecule has 1 atom stereocenters. The van der Waals surface area contributed by atoms with Gasteiger partial charge < -0.3 is 10.2 Å². The maximum atomic E-state index is 12.2. The highest BCUT2D eigenvalue weighted by molar-refractivity contribution is 5.81. The highest BCUT2D eigenvalue weighted by atomic mass is 16.2. The van der Waals surface area contributed by atoms with E-state index in [2.05, 4.69) is 33.0 Å². The molecule has 0 spiro atoms. The number of amides is 1. The molecule has 0 bridgehead atoms. The number of carbonyl (C=O) groups is 1. The molecule has 1 aliphatic heterocycles. The van der Waals surface area contributed by atoms with Gasteiger partial charge in [-0.25, -0.2) is 0 Å². The summed E-state index contributed by atoms with van der Waals surface area (Å²) in [5, 5.41) is 3.44. The maximum absolute atomic E-state index is 12.2. The molecule has 1 aliphatic carbocycles. The monoisotopic (exact) mass is 252 g/mol. The smallest absolute Gasteiger partial charge is 0.239 e. The molecule has 0 aromatic heterocycles. The van der Waals surface area contributed by atoms with Crippen molar-refractivity contribution in [2.45, 2.75) is 53.5 Å². The van der Waals surface area contributed by atoms with Gasteiger partial charge in [0.1, 0.15) is 0 Å². The van der Waals surface area contributed by atoms with Crippen molar-refractivity contribution >= 4 is 5.91 Å². The molecule has 1 unspecified atom stereocenters. The van der Waals surface area contributed by atoms with Crippen molar-refractivity contribution in [1.29, 1.82) is 0 Å². The molecule has 1 saturated carbocycles. The molecular formula is C15H28N2O. The Hall–Kier alpha value is -0.570. The van der Waals surface area contributed by atoms with Crippen LogP contribution in [0.2, 0.25) is 0 Å². The van der Waals surface area contributed by atoms with E-state index in [1.54, 1.807) is 0 Å². The van der Waals surface area contributed by atoms with E-state index in [0.29, 0.717) is 16.7 Å². The first-order chi connectivity index (χ1) is 8.28. The number of nitrogens with zero attached hydrogens (tertiary/aromatic N) is 1. The van der Waals surface area contributed by atoms with E-state index in [1.165, 1.54) is 12.8 Å². The normalized spacial score (nSPS) is 27.3. The third-order valence-corrected chi connectivity index (χ3v) is 5.74. The SMILES string of the molecule is CC(NCC1C(C)(C)C1(C)C)C(=O)N1CCCC1. The summed E-state index contributed by atoms with van der Waals surface area (Å²) in [6, 6.07) is -0.0321. The minimum Gasteiger partial charge on any atom is -0.341 e. The summed E-state index contributed by atoms with van der Waals surface area (Å²) < 4.78 is 0. The van der Waals surface area contributed by atoms with Crippen LogP contribution in [0.4, 0.5) is 0 Å². The fourth-order valence-corrected chi connectivity index (χ4v) is 3.44. The van der Waals surface area contributed by atoms with Crippen LogP contribution in [-0.4, -0.2) is 36.5 Å². The average Bonchev–Trinajstić information content (AvgIpc) is 2.72. The van der Waals surface area contributed by atoms with Gasteiger partial charge in [-0.2, -0.15) is 0 Å². The van der Waals surface area contributed by atoms with Crippen LogP contribution in [0.3, 0.4) is 0 Å². The molecule has 1 saturated heterocycles. The van der Waals surface area contributed by atoms with Gasteiger partial charge in [-0.3, -0.25) is 4.79 Å². The van der Waals surface area contributed by atoms with Crippen molar-refractivity contribution in [2.75, 3.05) is 19.6 Å². The summed E-state index contributed by atoms with van der Waals surface area (Å²) in [6.07, 6.45) is 2.34. The van der Waals surface area contributed by atoms with Crippen LogP contribution in [0, 0.1) is 16.7 Å². The highest BCUT2D eigenvalue weighted by Crippen LogP contribution is 2.67. The molecule has 2 aliphatic rings. The van der Waals surface area contributed by atoms with Crippen molar-refractivity contribution in [1.82, 2.24) is 10.2 Å². The fraction of sp³-hybridized carbons (Fsp3) is 0.933. The summed E-state index contributed by atoms with van der Waals surface area (Å²) in [6.45, 7) is 14.2. The lowest BCUT2D eigenvalue weighted by atomic mass is 10.0. The number of hydrogen-bond donors (Lipinski definition) is 1. The third kappa shape index (κ3) is 2.18. The van der Waals surface area contributed by atoms with Gasteiger partial charge in [0.2, 0.25) is 5.91 Å². The first kappa shape index (κ1) is 13.9. The van der Waals surface area contributed by atoms with Crippen molar-refractivity contribution in [3.8, 4) is 0 Å². The summed E-state index contributed by atoms with van der Waals surface area (Å²) in [4.78, 5) is 14.2. The molecule has 1 amide bonds. The third-order valence-electron chi connectivity index (χ3n) is 5.74. The van der Waals surface area contributed by atoms with Crippen LogP contribution in [-0.2, 0) is 4.79 Å². The number of rotatable bonds is 4. The highest BCUT2D eigenvalue weighted by Gasteiger charge is 2.63. The number of likely N-dealkylation sites (tertiary alicyclic amines) is 1. The van der Waals surface area contributed by atoms with Crippen LogP contribution in [0.25, 0.3) is 0 Å². The van der Waals surface area contributed by atoms with Crippen LogP contribution in [0.5, 0.6) is 0 Å². The van der Waals surface area contributed by atoms with Crippen LogP contribution >= 0.6 is 0 Å². The molecule has 0 aromatic carbocycles. The maximum Gasteiger partial charge on any atom is 0.239 e. The van der Waals surface area contributed by atoms with Crippen LogP contribution in [0.1, 0.15) is 47.5 Å². The van der Waals surface area contributed by atoms with Gasteiger partial charge in [0.25, 0.3) is 0 Å². The second kappa shape index (κ2) is 4.52. The van der Waals surface area contributed by atoms with Crippen molar-refractivity contribution < 1.29 is 4.79 Å². The Balaban J connectivity index is 1.79. The molecule has 18 heavy (non-hydrogen) atoms. The summed E-state index contributed by atoms with van der Waals surface area (Å²) in [5.41, 5.74) is 0.798. The van der Waals surface area contributed by atoms with Crippen LogP contribution < -0.4 is 5.32 Å². The standard InChI is InChI=1S/C15H28N2O/c1-11(13(18)17-8-6-7-9-17)16-10-12-14(2,3)15(12,4)5/h11-12,16H,6-10H2,1-5H3. The second-order valence-corrected chi connectivity index (χ2v) is 7.16. The van der Waals surface area contributed by atoms with Crippen molar-refractivity contribution in [3.05, 3.63) is 0 Å². The molecule has 104 valence electrons. The van der Waals surface area contributed by atoms with E-state index >= 15 is 0 Å². The van der Waals surface area contributed by atoms with E-state index in [0.717, 1.165) is 19.6 Å². The fourth-order valence-electron chi connectivity index (χ4n) is 3.44. The molecule has 2 fully saturated rings. The summed E-state index contributed by atoms with van der Waals surface area (Å²) in [7, 11) is 0. The second-order valence-electron chi connectivity index (χ2n) is 7.16. The number of hydrogen-bond acceptors (Lipinski definition) is 2. The Morgan fingerprint density at radius 1 is 1.22 bits per heavy atom. The number of carbonyl (C=O) groups excluding carboxylic acids is 1. The quantitative estimate of drug-likeness (QED) is 0.832. The predicted octanol–water partition coefficient (Wildman–Crippen LogP) is 2.27. The Morgan fingerprint density at radius 2 is 1.72 bits per heavy atom. The molecule has 0 aromatic rings. The van der Waals surface area contributed by atoms with Gasteiger partial charge in [0.05, 0.1) is 6.04 Å². The molecule has 2 rings (SSSR count). The van der Waals surface area contributed by atoms with Gasteiger partial charge in [0.15, 0.2) is 0 Å². The lowest BCUT2D eigenvalue weighted by molar-refractivity contribution is -0.131. The minimum atomic E-state index is -0.0321. The molecule has 3 heteroatoms. The Kier molecular flexibility index (Phi) is 3.48. The largest absolute Gasteiger partial charge is 0.341 e. The van der Waals surface area contributed by atoms with Gasteiger partial charge >= 0.3 is 0 Å². The van der Waals surface area contributed by atoms with Crippen molar-refractivity contribution in [2.24, 2.45) is 16.7 Å². The molecule has 1 heterocycles. The zero-order valence-corrected chi connectivity index (χ0v) is 12.5. The lowest BCUT2D eigenvalue weighted by Crippen LogP contribution is -2.44. The van der Waals surface area contributed by atoms with Crippen molar-refractivity contribution in [3.63, 3.8) is 0 Å². The van der Waals surface area contributed by atoms with Gasteiger partial charge in [-0.1, -0.05) is 27.7 Å². The van der Waals surface area contributed by atoms with Gasteiger partial charge in [-0.05, 0) is 43.1 Å². The molecular weight excluding hydrogens is 224 g/mol. The Labute approximate surface area is 111 Å². The van der Waals surface area contributed by atoms with E-state index in [1.807, 2.05) is 11.8 Å². The molecule has 3 nitrogen and oxygen atoms in total. The summed E-state index contributed by atoms with van der Waals surface area (Å²) in [5.74, 6) is 0.961. The Bertz CT molecular complexity index is 315. The topological polar surface area (TPSA) is 32.3 Å². The first-order valence-corrected chi connectivity index (χ1v) is 7.30. The minimum absolute atomic E-state index is 0.0321. The predicted molar refractivity (Wildman–Crippen MR) is 74.3 cm³/mol. The number of nitrogens with one attached hydrogen (secondary N) is 1. The van der Waals surface area contributed by atoms with Gasteiger partial charge in [0, 0.05) is 13.1 Å². The zero-order chi connectivity index (χ0) is 13.6.